The van der Waals surface area contributed by atoms with Gasteiger partial charge in [-0.1, -0.05) is 18.2 Å². The van der Waals surface area contributed by atoms with Gasteiger partial charge in [-0.25, -0.2) is 8.78 Å². The first kappa shape index (κ1) is 16.0. The third kappa shape index (κ3) is 3.51. The van der Waals surface area contributed by atoms with Gasteiger partial charge in [0, 0.05) is 12.5 Å². The Morgan fingerprint density at radius 3 is 2.15 bits per heavy atom. The van der Waals surface area contributed by atoms with E-state index in [1.54, 1.807) is 6.07 Å². The van der Waals surface area contributed by atoms with Crippen LogP contribution in [0.2, 0.25) is 0 Å². The van der Waals surface area contributed by atoms with Crippen molar-refractivity contribution in [2.75, 3.05) is 0 Å². The van der Waals surface area contributed by atoms with Crippen molar-refractivity contribution in [3.63, 3.8) is 0 Å². The number of rotatable bonds is 5. The molecule has 0 bridgehead atoms. The molecular weight excluding hydrogens is 272 g/mol. The van der Waals surface area contributed by atoms with E-state index in [-0.39, 0.29) is 5.56 Å². The first-order chi connectivity index (χ1) is 9.06. The molecule has 1 rings (SSSR count). The van der Waals surface area contributed by atoms with Gasteiger partial charge in [0.1, 0.15) is 11.6 Å². The molecule has 0 spiro atoms. The Hall–Kier alpha value is -2.02. The van der Waals surface area contributed by atoms with Gasteiger partial charge in [0.25, 0.3) is 11.8 Å². The standard InChI is InChI=1S/C13H15F2NO4/c1-12(20,11(18)19)10(13(2,14)15)16-9(17)8-6-4-3-5-7-8/h3-7,10,20H,1-2H3,(H,16,17)(H,18,19)/p-1/t10-,12-/m1/s1. The lowest BCUT2D eigenvalue weighted by molar-refractivity contribution is -0.328. The molecule has 0 saturated carbocycles. The molecule has 1 amide bonds. The van der Waals surface area contributed by atoms with E-state index < -0.39 is 29.4 Å². The SMILES string of the molecule is CC(F)(F)[C@H](NC(=O)c1ccccc1)[C@@](C)(O)C(=O)[O-]. The van der Waals surface area contributed by atoms with Crippen molar-refractivity contribution in [1.29, 1.82) is 0 Å². The summed E-state index contributed by atoms with van der Waals surface area (Å²) in [7, 11) is 0. The van der Waals surface area contributed by atoms with Crippen LogP contribution in [0.15, 0.2) is 30.3 Å². The zero-order valence-electron chi connectivity index (χ0n) is 10.9. The molecule has 0 unspecified atom stereocenters. The largest absolute Gasteiger partial charge is 0.547 e. The van der Waals surface area contributed by atoms with Gasteiger partial charge >= 0.3 is 0 Å². The van der Waals surface area contributed by atoms with E-state index in [4.69, 9.17) is 0 Å². The van der Waals surface area contributed by atoms with Gasteiger partial charge < -0.3 is 20.3 Å². The summed E-state index contributed by atoms with van der Waals surface area (Å²) >= 11 is 0. The lowest BCUT2D eigenvalue weighted by Crippen LogP contribution is -2.65. The van der Waals surface area contributed by atoms with Crippen LogP contribution in [0.1, 0.15) is 24.2 Å². The summed E-state index contributed by atoms with van der Waals surface area (Å²) in [4.78, 5) is 22.6. The molecule has 0 heterocycles. The minimum Gasteiger partial charge on any atom is -0.547 e. The molecule has 0 aliphatic heterocycles. The number of carbonyl (C=O) groups is 2. The van der Waals surface area contributed by atoms with Crippen molar-refractivity contribution < 1.29 is 28.6 Å². The van der Waals surface area contributed by atoms with Gasteiger partial charge in [0.05, 0.1) is 5.97 Å². The second-order valence-corrected chi connectivity index (χ2v) is 4.66. The number of aliphatic carboxylic acids is 1. The predicted molar refractivity (Wildman–Crippen MR) is 63.9 cm³/mol. The number of carboxylic acids is 1. The van der Waals surface area contributed by atoms with Crippen LogP contribution in [-0.4, -0.2) is 34.5 Å². The number of carboxylic acid groups (broad SMARTS) is 1. The minimum absolute atomic E-state index is 0.0656. The van der Waals surface area contributed by atoms with E-state index in [1.165, 1.54) is 24.3 Å². The predicted octanol–water partition coefficient (Wildman–Crippen LogP) is -0.0589. The monoisotopic (exact) mass is 286 g/mol. The van der Waals surface area contributed by atoms with E-state index >= 15 is 0 Å². The Morgan fingerprint density at radius 2 is 1.75 bits per heavy atom. The molecule has 0 fully saturated rings. The lowest BCUT2D eigenvalue weighted by atomic mass is 9.91. The topological polar surface area (TPSA) is 89.5 Å². The average molecular weight is 286 g/mol. The fourth-order valence-electron chi connectivity index (χ4n) is 1.68. The smallest absolute Gasteiger partial charge is 0.268 e. The van der Waals surface area contributed by atoms with Crippen molar-refractivity contribution in [3.8, 4) is 0 Å². The number of aliphatic hydroxyl groups is 1. The van der Waals surface area contributed by atoms with E-state index in [0.29, 0.717) is 13.8 Å². The zero-order valence-corrected chi connectivity index (χ0v) is 10.9. The van der Waals surface area contributed by atoms with Crippen molar-refractivity contribution >= 4 is 11.9 Å². The number of halogens is 2. The van der Waals surface area contributed by atoms with Crippen LogP contribution in [0.25, 0.3) is 0 Å². The average Bonchev–Trinajstić information content (AvgIpc) is 2.34. The fraction of sp³-hybridized carbons (Fsp3) is 0.385. The van der Waals surface area contributed by atoms with Crippen molar-refractivity contribution in [2.24, 2.45) is 0 Å². The number of benzene rings is 1. The van der Waals surface area contributed by atoms with E-state index in [1.807, 2.05) is 5.32 Å². The van der Waals surface area contributed by atoms with Crippen LogP contribution in [-0.2, 0) is 4.79 Å². The van der Waals surface area contributed by atoms with Gasteiger partial charge in [0.2, 0.25) is 0 Å². The second kappa shape index (κ2) is 5.54. The summed E-state index contributed by atoms with van der Waals surface area (Å²) in [5.74, 6) is -6.68. The molecule has 1 aromatic carbocycles. The number of hydrogen-bond acceptors (Lipinski definition) is 4. The molecule has 20 heavy (non-hydrogen) atoms. The molecule has 0 aromatic heterocycles. The summed E-state index contributed by atoms with van der Waals surface area (Å²) in [5, 5.41) is 22.2. The molecule has 0 aliphatic rings. The maximum Gasteiger partial charge on any atom is 0.268 e. The highest BCUT2D eigenvalue weighted by atomic mass is 19.3. The van der Waals surface area contributed by atoms with Gasteiger partial charge in [-0.3, -0.25) is 4.79 Å². The number of hydrogen-bond donors (Lipinski definition) is 2. The highest BCUT2D eigenvalue weighted by Gasteiger charge is 2.48. The van der Waals surface area contributed by atoms with Gasteiger partial charge in [0.15, 0.2) is 0 Å². The van der Waals surface area contributed by atoms with Crippen LogP contribution in [0.5, 0.6) is 0 Å². The molecule has 0 saturated heterocycles. The second-order valence-electron chi connectivity index (χ2n) is 4.66. The highest BCUT2D eigenvalue weighted by Crippen LogP contribution is 2.26. The van der Waals surface area contributed by atoms with Crippen molar-refractivity contribution in [1.82, 2.24) is 5.32 Å². The number of carbonyl (C=O) groups excluding carboxylic acids is 2. The van der Waals surface area contributed by atoms with Crippen LogP contribution in [0.3, 0.4) is 0 Å². The Balaban J connectivity index is 3.04. The molecule has 2 atom stereocenters. The summed E-state index contributed by atoms with van der Waals surface area (Å²) in [5.41, 5.74) is -2.85. The van der Waals surface area contributed by atoms with Gasteiger partial charge in [-0.2, -0.15) is 0 Å². The third-order valence-electron chi connectivity index (χ3n) is 2.79. The van der Waals surface area contributed by atoms with E-state index in [2.05, 4.69) is 0 Å². The van der Waals surface area contributed by atoms with E-state index in [0.717, 1.165) is 0 Å². The number of alkyl halides is 2. The summed E-state index contributed by atoms with van der Waals surface area (Å²) in [6, 6.07) is 5.07. The van der Waals surface area contributed by atoms with E-state index in [9.17, 15) is 28.6 Å². The molecular formula is C13H14F2NO4-. The Kier molecular flexibility index (Phi) is 4.44. The zero-order chi connectivity index (χ0) is 15.6. The molecule has 7 heteroatoms. The maximum absolute atomic E-state index is 13.5. The maximum atomic E-state index is 13.5. The Morgan fingerprint density at radius 1 is 1.25 bits per heavy atom. The Bertz CT molecular complexity index is 497. The van der Waals surface area contributed by atoms with Crippen molar-refractivity contribution in [2.45, 2.75) is 31.4 Å². The lowest BCUT2D eigenvalue weighted by Gasteiger charge is -2.37. The molecule has 0 aliphatic carbocycles. The van der Waals surface area contributed by atoms with Crippen LogP contribution >= 0.6 is 0 Å². The first-order valence-electron chi connectivity index (χ1n) is 5.74. The Labute approximate surface area is 114 Å². The molecule has 0 radical (unpaired) electrons. The fourth-order valence-corrected chi connectivity index (χ4v) is 1.68. The normalized spacial score (nSPS) is 16.1. The highest BCUT2D eigenvalue weighted by molar-refractivity contribution is 5.95. The quantitative estimate of drug-likeness (QED) is 0.793. The van der Waals surface area contributed by atoms with Gasteiger partial charge in [-0.05, 0) is 19.1 Å². The van der Waals surface area contributed by atoms with Crippen LogP contribution < -0.4 is 10.4 Å². The van der Waals surface area contributed by atoms with Gasteiger partial charge in [-0.15, -0.1) is 0 Å². The third-order valence-corrected chi connectivity index (χ3v) is 2.79. The molecule has 1 aromatic rings. The summed E-state index contributed by atoms with van der Waals surface area (Å²) in [6.07, 6.45) is 0. The number of nitrogens with one attached hydrogen (secondary N) is 1. The summed E-state index contributed by atoms with van der Waals surface area (Å²) in [6.45, 7) is 1.05. The van der Waals surface area contributed by atoms with Crippen LogP contribution in [0, 0.1) is 0 Å². The number of amides is 1. The molecule has 110 valence electrons. The summed E-state index contributed by atoms with van der Waals surface area (Å²) < 4.78 is 26.9. The minimum atomic E-state index is -3.66. The molecule has 2 N–H and O–H groups in total. The van der Waals surface area contributed by atoms with Crippen molar-refractivity contribution in [3.05, 3.63) is 35.9 Å². The van der Waals surface area contributed by atoms with Crippen LogP contribution in [0.4, 0.5) is 8.78 Å². The first-order valence-corrected chi connectivity index (χ1v) is 5.74. The molecule has 5 nitrogen and oxygen atoms in total.